The van der Waals surface area contributed by atoms with Crippen LogP contribution in [0.5, 0.6) is 0 Å². The zero-order chi connectivity index (χ0) is 16.0. The Labute approximate surface area is 130 Å². The Kier molecular flexibility index (Phi) is 7.63. The number of likely N-dealkylation sites (N-methyl/N-ethyl adjacent to an activating group) is 1. The molecule has 1 amide bonds. The smallest absolute Gasteiger partial charge is 0.239 e. The lowest BCUT2D eigenvalue weighted by molar-refractivity contribution is -0.136. The van der Waals surface area contributed by atoms with Crippen molar-refractivity contribution >= 4 is 5.91 Å². The third-order valence-corrected chi connectivity index (χ3v) is 4.24. The second kappa shape index (κ2) is 8.71. The highest BCUT2D eigenvalue weighted by Crippen LogP contribution is 2.17. The average molecular weight is 298 g/mol. The SMILES string of the molecule is CC(C)C[C@@H](N)C(=O)N(CCN(C)C)C1CCN(C)CC1. The lowest BCUT2D eigenvalue weighted by Gasteiger charge is -2.39. The number of hydrogen-bond acceptors (Lipinski definition) is 4. The maximum absolute atomic E-state index is 12.7. The molecule has 21 heavy (non-hydrogen) atoms. The molecule has 0 unspecified atom stereocenters. The van der Waals surface area contributed by atoms with Crippen LogP contribution < -0.4 is 5.73 Å². The number of likely N-dealkylation sites (tertiary alicyclic amines) is 1. The number of nitrogens with two attached hydrogens (primary N) is 1. The molecule has 1 heterocycles. The fraction of sp³-hybridized carbons (Fsp3) is 0.938. The van der Waals surface area contributed by atoms with Crippen molar-refractivity contribution in [2.45, 2.75) is 45.2 Å². The summed E-state index contributed by atoms with van der Waals surface area (Å²) in [4.78, 5) is 19.3. The topological polar surface area (TPSA) is 52.8 Å². The molecule has 1 saturated heterocycles. The molecule has 0 aromatic carbocycles. The van der Waals surface area contributed by atoms with Gasteiger partial charge in [0.25, 0.3) is 0 Å². The number of piperidine rings is 1. The Bertz CT molecular complexity index is 311. The van der Waals surface area contributed by atoms with Crippen molar-refractivity contribution in [2.24, 2.45) is 11.7 Å². The summed E-state index contributed by atoms with van der Waals surface area (Å²) in [6.07, 6.45) is 2.89. The normalized spacial score (nSPS) is 19.2. The molecular weight excluding hydrogens is 264 g/mol. The predicted octanol–water partition coefficient (Wildman–Crippen LogP) is 0.844. The first-order chi connectivity index (χ1) is 9.81. The summed E-state index contributed by atoms with van der Waals surface area (Å²) in [5.74, 6) is 0.595. The summed E-state index contributed by atoms with van der Waals surface area (Å²) >= 11 is 0. The fourth-order valence-corrected chi connectivity index (χ4v) is 2.91. The molecule has 0 saturated carbocycles. The minimum absolute atomic E-state index is 0.139. The van der Waals surface area contributed by atoms with Crippen LogP contribution in [0.25, 0.3) is 0 Å². The number of rotatable bonds is 7. The van der Waals surface area contributed by atoms with Gasteiger partial charge in [0, 0.05) is 19.1 Å². The van der Waals surface area contributed by atoms with E-state index in [2.05, 4.69) is 35.6 Å². The molecule has 0 spiro atoms. The van der Waals surface area contributed by atoms with Crippen LogP contribution in [0.1, 0.15) is 33.1 Å². The quantitative estimate of drug-likeness (QED) is 0.757. The summed E-state index contributed by atoms with van der Waals surface area (Å²) < 4.78 is 0. The number of amides is 1. The fourth-order valence-electron chi connectivity index (χ4n) is 2.91. The molecule has 1 aliphatic rings. The van der Waals surface area contributed by atoms with Crippen molar-refractivity contribution in [2.75, 3.05) is 47.3 Å². The van der Waals surface area contributed by atoms with E-state index in [0.717, 1.165) is 45.4 Å². The van der Waals surface area contributed by atoms with Crippen molar-refractivity contribution in [3.05, 3.63) is 0 Å². The van der Waals surface area contributed by atoms with E-state index in [9.17, 15) is 4.79 Å². The number of nitrogens with zero attached hydrogens (tertiary/aromatic N) is 3. The molecule has 1 rings (SSSR count). The van der Waals surface area contributed by atoms with Crippen LogP contribution >= 0.6 is 0 Å². The van der Waals surface area contributed by atoms with E-state index in [4.69, 9.17) is 5.73 Å². The summed E-state index contributed by atoms with van der Waals surface area (Å²) in [6, 6.07) is -0.00122. The molecule has 0 aromatic heterocycles. The first kappa shape index (κ1) is 18.4. The third-order valence-electron chi connectivity index (χ3n) is 4.24. The second-order valence-electron chi connectivity index (χ2n) is 7.11. The van der Waals surface area contributed by atoms with Crippen LogP contribution in [0.15, 0.2) is 0 Å². The molecule has 1 fully saturated rings. The van der Waals surface area contributed by atoms with Gasteiger partial charge in [0.15, 0.2) is 0 Å². The summed E-state index contributed by atoms with van der Waals surface area (Å²) in [6.45, 7) is 8.05. The van der Waals surface area contributed by atoms with E-state index in [1.54, 1.807) is 0 Å². The van der Waals surface area contributed by atoms with Gasteiger partial charge in [-0.1, -0.05) is 13.8 Å². The van der Waals surface area contributed by atoms with Crippen LogP contribution in [-0.4, -0.2) is 80.0 Å². The van der Waals surface area contributed by atoms with Gasteiger partial charge in [-0.3, -0.25) is 4.79 Å². The molecule has 0 bridgehead atoms. The largest absolute Gasteiger partial charge is 0.337 e. The van der Waals surface area contributed by atoms with E-state index in [1.807, 2.05) is 14.1 Å². The molecule has 0 aromatic rings. The molecule has 0 aliphatic carbocycles. The van der Waals surface area contributed by atoms with Crippen molar-refractivity contribution in [3.8, 4) is 0 Å². The summed E-state index contributed by atoms with van der Waals surface area (Å²) in [7, 11) is 6.24. The Morgan fingerprint density at radius 3 is 2.29 bits per heavy atom. The van der Waals surface area contributed by atoms with E-state index < -0.39 is 0 Å². The first-order valence-electron chi connectivity index (χ1n) is 8.20. The highest BCUT2D eigenvalue weighted by atomic mass is 16.2. The zero-order valence-electron chi connectivity index (χ0n) is 14.5. The zero-order valence-corrected chi connectivity index (χ0v) is 14.5. The molecule has 5 heteroatoms. The van der Waals surface area contributed by atoms with Crippen molar-refractivity contribution in [1.82, 2.24) is 14.7 Å². The van der Waals surface area contributed by atoms with Crippen LogP contribution in [0.3, 0.4) is 0 Å². The molecule has 1 aliphatic heterocycles. The van der Waals surface area contributed by atoms with Gasteiger partial charge < -0.3 is 20.4 Å². The van der Waals surface area contributed by atoms with E-state index in [0.29, 0.717) is 12.0 Å². The summed E-state index contributed by atoms with van der Waals surface area (Å²) in [5, 5.41) is 0. The highest BCUT2D eigenvalue weighted by Gasteiger charge is 2.29. The van der Waals surface area contributed by atoms with E-state index >= 15 is 0 Å². The van der Waals surface area contributed by atoms with Crippen LogP contribution in [0.2, 0.25) is 0 Å². The van der Waals surface area contributed by atoms with E-state index in [1.165, 1.54) is 0 Å². The van der Waals surface area contributed by atoms with Gasteiger partial charge in [0.05, 0.1) is 6.04 Å². The standard InChI is InChI=1S/C16H34N4O/c1-13(2)12-15(17)16(21)20(11-10-18(3)4)14-6-8-19(5)9-7-14/h13-15H,6-12,17H2,1-5H3/t15-/m1/s1. The van der Waals surface area contributed by atoms with Crippen LogP contribution in [-0.2, 0) is 4.79 Å². The molecule has 1 atom stereocenters. The molecular formula is C16H34N4O. The van der Waals surface area contributed by atoms with Crippen LogP contribution in [0.4, 0.5) is 0 Å². The Balaban J connectivity index is 2.68. The third kappa shape index (κ3) is 6.32. The molecule has 0 radical (unpaired) electrons. The maximum Gasteiger partial charge on any atom is 0.239 e. The van der Waals surface area contributed by atoms with Crippen LogP contribution in [0, 0.1) is 5.92 Å². The number of hydrogen-bond donors (Lipinski definition) is 1. The van der Waals surface area contributed by atoms with Gasteiger partial charge >= 0.3 is 0 Å². The van der Waals surface area contributed by atoms with Gasteiger partial charge in [-0.15, -0.1) is 0 Å². The predicted molar refractivity (Wildman–Crippen MR) is 88.2 cm³/mol. The monoisotopic (exact) mass is 298 g/mol. The van der Waals surface area contributed by atoms with Gasteiger partial charge in [0.2, 0.25) is 5.91 Å². The van der Waals surface area contributed by atoms with E-state index in [-0.39, 0.29) is 11.9 Å². The van der Waals surface area contributed by atoms with Crippen molar-refractivity contribution in [1.29, 1.82) is 0 Å². The van der Waals surface area contributed by atoms with Crippen molar-refractivity contribution < 1.29 is 4.79 Å². The lowest BCUT2D eigenvalue weighted by atomic mass is 9.99. The van der Waals surface area contributed by atoms with Crippen molar-refractivity contribution in [3.63, 3.8) is 0 Å². The minimum Gasteiger partial charge on any atom is -0.337 e. The second-order valence-corrected chi connectivity index (χ2v) is 7.11. The maximum atomic E-state index is 12.7. The first-order valence-corrected chi connectivity index (χ1v) is 8.20. The Hall–Kier alpha value is -0.650. The van der Waals surface area contributed by atoms with Gasteiger partial charge in [-0.2, -0.15) is 0 Å². The minimum atomic E-state index is -0.355. The Morgan fingerprint density at radius 2 is 1.81 bits per heavy atom. The average Bonchev–Trinajstić information content (AvgIpc) is 2.39. The molecule has 5 nitrogen and oxygen atoms in total. The lowest BCUT2D eigenvalue weighted by Crippen LogP contribution is -2.53. The Morgan fingerprint density at radius 1 is 1.24 bits per heavy atom. The molecule has 2 N–H and O–H groups in total. The number of carbonyl (C=O) groups is 1. The van der Waals surface area contributed by atoms with Gasteiger partial charge in [0.1, 0.15) is 0 Å². The summed E-state index contributed by atoms with van der Waals surface area (Å²) in [5.41, 5.74) is 6.14. The van der Waals surface area contributed by atoms with Gasteiger partial charge in [-0.05, 0) is 59.4 Å². The molecule has 124 valence electrons. The highest BCUT2D eigenvalue weighted by molar-refractivity contribution is 5.82. The van der Waals surface area contributed by atoms with Gasteiger partial charge in [-0.25, -0.2) is 0 Å². The number of carbonyl (C=O) groups excluding carboxylic acids is 1.